The van der Waals surface area contributed by atoms with Gasteiger partial charge in [0.05, 0.1) is 12.2 Å². The van der Waals surface area contributed by atoms with Gasteiger partial charge in [-0.3, -0.25) is 4.99 Å². The van der Waals surface area contributed by atoms with Gasteiger partial charge in [0, 0.05) is 32.9 Å². The van der Waals surface area contributed by atoms with E-state index in [0.717, 1.165) is 50.0 Å². The molecule has 0 saturated heterocycles. The van der Waals surface area contributed by atoms with Gasteiger partial charge >= 0.3 is 0 Å². The minimum absolute atomic E-state index is 0.580. The largest absolute Gasteiger partial charge is 0.381 e. The fraction of sp³-hybridized carbons (Fsp3) is 0.733. The summed E-state index contributed by atoms with van der Waals surface area (Å²) in [7, 11) is 1.75. The van der Waals surface area contributed by atoms with E-state index in [1.54, 1.807) is 7.05 Å². The molecule has 6 heteroatoms. The Kier molecular flexibility index (Phi) is 8.50. The van der Waals surface area contributed by atoms with Crippen LogP contribution in [0.25, 0.3) is 0 Å². The van der Waals surface area contributed by atoms with E-state index in [-0.39, 0.29) is 0 Å². The molecular weight excluding hydrogens is 268 g/mol. The van der Waals surface area contributed by atoms with Gasteiger partial charge in [-0.05, 0) is 18.8 Å². The fourth-order valence-electron chi connectivity index (χ4n) is 1.70. The molecule has 1 heterocycles. The molecule has 0 aliphatic heterocycles. The first-order valence-electron chi connectivity index (χ1n) is 7.62. The van der Waals surface area contributed by atoms with Crippen molar-refractivity contribution in [2.24, 2.45) is 10.9 Å². The average Bonchev–Trinajstić information content (AvgIpc) is 2.93. The summed E-state index contributed by atoms with van der Waals surface area (Å²) >= 11 is 0. The van der Waals surface area contributed by atoms with Gasteiger partial charge < -0.3 is 19.9 Å². The molecule has 1 rings (SSSR count). The fourth-order valence-corrected chi connectivity index (χ4v) is 1.70. The lowest BCUT2D eigenvalue weighted by Crippen LogP contribution is -2.37. The summed E-state index contributed by atoms with van der Waals surface area (Å²) in [5, 5.41) is 10.4. The molecule has 0 fully saturated rings. The van der Waals surface area contributed by atoms with Crippen LogP contribution in [0, 0.1) is 5.92 Å². The van der Waals surface area contributed by atoms with Gasteiger partial charge in [0.2, 0.25) is 0 Å². The van der Waals surface area contributed by atoms with Gasteiger partial charge in [-0.1, -0.05) is 25.9 Å². The Bertz CT molecular complexity index is 416. The van der Waals surface area contributed by atoms with Crippen LogP contribution in [0.4, 0.5) is 0 Å². The highest BCUT2D eigenvalue weighted by atomic mass is 16.5. The van der Waals surface area contributed by atoms with Crippen molar-refractivity contribution < 1.29 is 9.26 Å². The molecule has 0 saturated carbocycles. The van der Waals surface area contributed by atoms with E-state index >= 15 is 0 Å². The molecule has 0 bridgehead atoms. The number of ether oxygens (including phenoxy) is 1. The third kappa shape index (κ3) is 7.70. The molecule has 120 valence electrons. The minimum Gasteiger partial charge on any atom is -0.381 e. The number of nitrogens with zero attached hydrogens (tertiary/aromatic N) is 2. The predicted octanol–water partition coefficient (Wildman–Crippen LogP) is 1.96. The van der Waals surface area contributed by atoms with Gasteiger partial charge in [-0.15, -0.1) is 0 Å². The SMILES string of the molecule is CCc1cc(CNC(=NC)NCCCOCC(C)C)on1. The normalized spacial score (nSPS) is 12.0. The van der Waals surface area contributed by atoms with Crippen LogP contribution in [0.2, 0.25) is 0 Å². The zero-order chi connectivity index (χ0) is 15.5. The second-order valence-electron chi connectivity index (χ2n) is 5.31. The van der Waals surface area contributed by atoms with E-state index in [0.29, 0.717) is 12.5 Å². The van der Waals surface area contributed by atoms with Crippen molar-refractivity contribution in [3.05, 3.63) is 17.5 Å². The van der Waals surface area contributed by atoms with Crippen LogP contribution in [-0.4, -0.2) is 37.9 Å². The molecule has 0 aliphatic rings. The molecule has 0 radical (unpaired) electrons. The zero-order valence-electron chi connectivity index (χ0n) is 13.6. The number of aliphatic imine (C=N–C) groups is 1. The minimum atomic E-state index is 0.580. The molecule has 2 N–H and O–H groups in total. The van der Waals surface area contributed by atoms with Crippen molar-refractivity contribution in [3.63, 3.8) is 0 Å². The number of aromatic nitrogens is 1. The van der Waals surface area contributed by atoms with E-state index in [4.69, 9.17) is 9.26 Å². The summed E-state index contributed by atoms with van der Waals surface area (Å²) in [6.45, 7) is 9.35. The summed E-state index contributed by atoms with van der Waals surface area (Å²) in [5.74, 6) is 2.16. The van der Waals surface area contributed by atoms with Crippen molar-refractivity contribution in [1.29, 1.82) is 0 Å². The number of hydrogen-bond acceptors (Lipinski definition) is 4. The summed E-state index contributed by atoms with van der Waals surface area (Å²) in [4.78, 5) is 4.17. The lowest BCUT2D eigenvalue weighted by Gasteiger charge is -2.11. The van der Waals surface area contributed by atoms with E-state index in [1.165, 1.54) is 0 Å². The Labute approximate surface area is 127 Å². The number of rotatable bonds is 9. The van der Waals surface area contributed by atoms with Gasteiger partial charge in [0.15, 0.2) is 11.7 Å². The topological polar surface area (TPSA) is 71.7 Å². The second-order valence-corrected chi connectivity index (χ2v) is 5.31. The van der Waals surface area contributed by atoms with Crippen LogP contribution in [0.5, 0.6) is 0 Å². The van der Waals surface area contributed by atoms with Crippen molar-refractivity contribution in [2.75, 3.05) is 26.8 Å². The molecule has 0 aliphatic carbocycles. The Morgan fingerprint density at radius 3 is 2.86 bits per heavy atom. The van der Waals surface area contributed by atoms with Gasteiger partial charge in [-0.25, -0.2) is 0 Å². The number of nitrogens with one attached hydrogen (secondary N) is 2. The van der Waals surface area contributed by atoms with Crippen molar-refractivity contribution in [1.82, 2.24) is 15.8 Å². The highest BCUT2D eigenvalue weighted by molar-refractivity contribution is 5.79. The van der Waals surface area contributed by atoms with E-state index in [1.807, 2.05) is 6.07 Å². The Balaban J connectivity index is 2.14. The summed E-state index contributed by atoms with van der Waals surface area (Å²) in [6.07, 6.45) is 1.84. The van der Waals surface area contributed by atoms with E-state index in [2.05, 4.69) is 41.6 Å². The first-order chi connectivity index (χ1) is 10.2. The molecule has 0 atom stereocenters. The smallest absolute Gasteiger partial charge is 0.191 e. The number of guanidine groups is 1. The Morgan fingerprint density at radius 1 is 1.43 bits per heavy atom. The zero-order valence-corrected chi connectivity index (χ0v) is 13.6. The van der Waals surface area contributed by atoms with Gasteiger partial charge in [-0.2, -0.15) is 0 Å². The van der Waals surface area contributed by atoms with Gasteiger partial charge in [0.1, 0.15) is 0 Å². The molecule has 21 heavy (non-hydrogen) atoms. The van der Waals surface area contributed by atoms with Crippen molar-refractivity contribution >= 4 is 5.96 Å². The van der Waals surface area contributed by atoms with Crippen molar-refractivity contribution in [3.8, 4) is 0 Å². The lowest BCUT2D eigenvalue weighted by molar-refractivity contribution is 0.108. The van der Waals surface area contributed by atoms with Crippen molar-refractivity contribution in [2.45, 2.75) is 40.2 Å². The molecule has 1 aromatic heterocycles. The summed E-state index contributed by atoms with van der Waals surface area (Å²) in [5.41, 5.74) is 0.969. The standard InChI is InChI=1S/C15H28N4O2/c1-5-13-9-14(21-19-13)10-18-15(16-4)17-7-6-8-20-11-12(2)3/h9,12H,5-8,10-11H2,1-4H3,(H2,16,17,18). The van der Waals surface area contributed by atoms with Crippen LogP contribution in [0.3, 0.4) is 0 Å². The number of aryl methyl sites for hydroxylation is 1. The molecular formula is C15H28N4O2. The van der Waals surface area contributed by atoms with E-state index in [9.17, 15) is 0 Å². The average molecular weight is 296 g/mol. The lowest BCUT2D eigenvalue weighted by atomic mass is 10.2. The van der Waals surface area contributed by atoms with Crippen LogP contribution in [0.1, 0.15) is 38.6 Å². The molecule has 0 spiro atoms. The molecule has 0 unspecified atom stereocenters. The Hall–Kier alpha value is -1.56. The number of hydrogen-bond donors (Lipinski definition) is 2. The predicted molar refractivity (Wildman–Crippen MR) is 84.4 cm³/mol. The monoisotopic (exact) mass is 296 g/mol. The third-order valence-electron chi connectivity index (χ3n) is 2.83. The summed E-state index contributed by atoms with van der Waals surface area (Å²) < 4.78 is 10.7. The Morgan fingerprint density at radius 2 is 2.24 bits per heavy atom. The third-order valence-corrected chi connectivity index (χ3v) is 2.83. The maximum atomic E-state index is 5.53. The van der Waals surface area contributed by atoms with Gasteiger partial charge in [0.25, 0.3) is 0 Å². The maximum Gasteiger partial charge on any atom is 0.191 e. The maximum absolute atomic E-state index is 5.53. The highest BCUT2D eigenvalue weighted by Crippen LogP contribution is 2.03. The van der Waals surface area contributed by atoms with Crippen LogP contribution >= 0.6 is 0 Å². The van der Waals surface area contributed by atoms with Crippen LogP contribution in [0.15, 0.2) is 15.6 Å². The molecule has 1 aromatic rings. The molecule has 0 aromatic carbocycles. The van der Waals surface area contributed by atoms with Crippen LogP contribution < -0.4 is 10.6 Å². The van der Waals surface area contributed by atoms with Crippen LogP contribution in [-0.2, 0) is 17.7 Å². The summed E-state index contributed by atoms with van der Waals surface area (Å²) in [6, 6.07) is 1.96. The quantitative estimate of drug-likeness (QED) is 0.414. The highest BCUT2D eigenvalue weighted by Gasteiger charge is 2.03. The second kappa shape index (κ2) is 10.2. The molecule has 6 nitrogen and oxygen atoms in total. The molecule has 0 amide bonds. The first kappa shape index (κ1) is 17.5. The van der Waals surface area contributed by atoms with E-state index < -0.39 is 0 Å². The first-order valence-corrected chi connectivity index (χ1v) is 7.62.